The Balaban J connectivity index is 1.40. The van der Waals surface area contributed by atoms with Crippen molar-refractivity contribution in [2.45, 2.75) is 26.7 Å². The summed E-state index contributed by atoms with van der Waals surface area (Å²) in [7, 11) is 0. The zero-order chi connectivity index (χ0) is 22.2. The van der Waals surface area contributed by atoms with Crippen molar-refractivity contribution < 1.29 is 9.53 Å². The van der Waals surface area contributed by atoms with Crippen molar-refractivity contribution in [3.05, 3.63) is 40.7 Å². The van der Waals surface area contributed by atoms with E-state index < -0.39 is 0 Å². The van der Waals surface area contributed by atoms with Crippen molar-refractivity contribution in [3.63, 3.8) is 0 Å². The zero-order valence-corrected chi connectivity index (χ0v) is 19.2. The molecule has 32 heavy (non-hydrogen) atoms. The third kappa shape index (κ3) is 3.82. The van der Waals surface area contributed by atoms with Gasteiger partial charge >= 0.3 is 0 Å². The molecule has 0 saturated carbocycles. The van der Waals surface area contributed by atoms with Crippen molar-refractivity contribution >= 4 is 34.2 Å². The van der Waals surface area contributed by atoms with Crippen LogP contribution < -0.4 is 4.90 Å². The molecule has 9 heteroatoms. The molecule has 4 heterocycles. The van der Waals surface area contributed by atoms with Gasteiger partial charge in [-0.25, -0.2) is 4.68 Å². The maximum absolute atomic E-state index is 12.9. The summed E-state index contributed by atoms with van der Waals surface area (Å²) >= 11 is 6.06. The average Bonchev–Trinajstić information content (AvgIpc) is 3.18. The van der Waals surface area contributed by atoms with Gasteiger partial charge in [-0.15, -0.1) is 5.10 Å². The Morgan fingerprint density at radius 1 is 1.03 bits per heavy atom. The van der Waals surface area contributed by atoms with E-state index in [1.54, 1.807) is 0 Å². The summed E-state index contributed by atoms with van der Waals surface area (Å²) in [5.41, 5.74) is 3.68. The maximum Gasteiger partial charge on any atom is 0.225 e. The summed E-state index contributed by atoms with van der Waals surface area (Å²) in [5, 5.41) is 15.6. The van der Waals surface area contributed by atoms with Crippen LogP contribution in [0.25, 0.3) is 16.6 Å². The van der Waals surface area contributed by atoms with Crippen molar-refractivity contribution in [1.82, 2.24) is 24.9 Å². The number of piperidine rings is 1. The van der Waals surface area contributed by atoms with Gasteiger partial charge in [0.2, 0.25) is 5.91 Å². The van der Waals surface area contributed by atoms with Crippen LogP contribution >= 0.6 is 11.6 Å². The number of hydrogen-bond acceptors (Lipinski definition) is 6. The molecular weight excluding hydrogens is 428 g/mol. The molecule has 0 aliphatic carbocycles. The van der Waals surface area contributed by atoms with Gasteiger partial charge in [-0.1, -0.05) is 11.6 Å². The number of rotatable bonds is 3. The predicted molar refractivity (Wildman–Crippen MR) is 123 cm³/mol. The summed E-state index contributed by atoms with van der Waals surface area (Å²) in [5.74, 6) is 1.11. The largest absolute Gasteiger partial charge is 0.378 e. The normalized spacial score (nSPS) is 17.8. The average molecular weight is 455 g/mol. The summed E-state index contributed by atoms with van der Waals surface area (Å²) in [6.07, 6.45) is 1.62. The molecule has 5 rings (SSSR count). The van der Waals surface area contributed by atoms with Gasteiger partial charge in [0.25, 0.3) is 0 Å². The van der Waals surface area contributed by atoms with Crippen molar-refractivity contribution in [2.24, 2.45) is 5.92 Å². The standard InChI is InChI=1S/C23H27ClN6O2/c1-15-20-16(2)30(19-5-3-18(24)4-6-19)27-21(20)22(26-25-15)28-9-7-17(8-10-28)23(31)29-11-13-32-14-12-29/h3-6,17H,7-14H2,1-2H3. The number of nitrogens with zero attached hydrogens (tertiary/aromatic N) is 6. The Labute approximate surface area is 192 Å². The minimum absolute atomic E-state index is 0.0617. The number of fused-ring (bicyclic) bond motifs is 1. The number of carbonyl (C=O) groups excluding carboxylic acids is 1. The first-order valence-electron chi connectivity index (χ1n) is 11.1. The third-order valence-corrected chi connectivity index (χ3v) is 6.77. The number of morpholine rings is 1. The van der Waals surface area contributed by atoms with E-state index in [-0.39, 0.29) is 11.8 Å². The van der Waals surface area contributed by atoms with E-state index in [1.165, 1.54) is 0 Å². The Bertz CT molecular complexity index is 1130. The molecule has 0 unspecified atom stereocenters. The smallest absolute Gasteiger partial charge is 0.225 e. The van der Waals surface area contributed by atoms with Gasteiger partial charge in [0.05, 0.1) is 35.7 Å². The lowest BCUT2D eigenvalue weighted by Gasteiger charge is -2.35. The number of halogens is 1. The molecule has 2 aliphatic heterocycles. The zero-order valence-electron chi connectivity index (χ0n) is 18.4. The van der Waals surface area contributed by atoms with E-state index in [9.17, 15) is 4.79 Å². The SMILES string of the molecule is Cc1nnc(N2CCC(C(=O)N3CCOCC3)CC2)c2nn(-c3ccc(Cl)cc3)c(C)c12. The molecule has 0 N–H and O–H groups in total. The molecule has 0 radical (unpaired) electrons. The van der Waals surface area contributed by atoms with E-state index in [4.69, 9.17) is 21.4 Å². The van der Waals surface area contributed by atoms with E-state index in [0.717, 1.165) is 59.7 Å². The minimum atomic E-state index is 0.0617. The van der Waals surface area contributed by atoms with Crippen LogP contribution in [0.1, 0.15) is 24.2 Å². The minimum Gasteiger partial charge on any atom is -0.378 e. The number of benzene rings is 1. The van der Waals surface area contributed by atoms with Crippen LogP contribution in [-0.2, 0) is 9.53 Å². The fourth-order valence-corrected chi connectivity index (χ4v) is 4.86. The summed E-state index contributed by atoms with van der Waals surface area (Å²) in [6.45, 7) is 8.22. The van der Waals surface area contributed by atoms with Gasteiger partial charge < -0.3 is 14.5 Å². The van der Waals surface area contributed by atoms with Gasteiger partial charge in [-0.05, 0) is 51.0 Å². The highest BCUT2D eigenvalue weighted by Crippen LogP contribution is 2.32. The fraction of sp³-hybridized carbons (Fsp3) is 0.478. The van der Waals surface area contributed by atoms with E-state index >= 15 is 0 Å². The number of ether oxygens (including phenoxy) is 1. The number of amides is 1. The lowest BCUT2D eigenvalue weighted by molar-refractivity contribution is -0.140. The van der Waals surface area contributed by atoms with Crippen LogP contribution in [0.3, 0.4) is 0 Å². The molecule has 2 aliphatic rings. The predicted octanol–water partition coefficient (Wildman–Crippen LogP) is 3.16. The molecule has 1 amide bonds. The van der Waals surface area contributed by atoms with Crippen LogP contribution in [-0.4, -0.2) is 70.2 Å². The quantitative estimate of drug-likeness (QED) is 0.605. The number of aryl methyl sites for hydroxylation is 2. The number of hydrogen-bond donors (Lipinski definition) is 0. The first-order chi connectivity index (χ1) is 15.5. The van der Waals surface area contributed by atoms with Crippen molar-refractivity contribution in [2.75, 3.05) is 44.3 Å². The van der Waals surface area contributed by atoms with Crippen LogP contribution in [0.4, 0.5) is 5.82 Å². The van der Waals surface area contributed by atoms with E-state index in [1.807, 2.05) is 40.8 Å². The number of aromatic nitrogens is 4. The van der Waals surface area contributed by atoms with Crippen molar-refractivity contribution in [1.29, 1.82) is 0 Å². The van der Waals surface area contributed by atoms with Crippen LogP contribution in [0, 0.1) is 19.8 Å². The molecule has 2 aromatic heterocycles. The second-order valence-electron chi connectivity index (χ2n) is 8.51. The fourth-order valence-electron chi connectivity index (χ4n) is 4.74. The highest BCUT2D eigenvalue weighted by Gasteiger charge is 2.31. The van der Waals surface area contributed by atoms with Gasteiger partial charge in [-0.3, -0.25) is 4.79 Å². The summed E-state index contributed by atoms with van der Waals surface area (Å²) < 4.78 is 7.31. The molecule has 0 spiro atoms. The molecule has 168 valence electrons. The topological polar surface area (TPSA) is 76.4 Å². The first kappa shape index (κ1) is 21.2. The Morgan fingerprint density at radius 3 is 2.41 bits per heavy atom. The van der Waals surface area contributed by atoms with Crippen LogP contribution in [0.5, 0.6) is 0 Å². The Kier molecular flexibility index (Phi) is 5.73. The highest BCUT2D eigenvalue weighted by atomic mass is 35.5. The van der Waals surface area contributed by atoms with Crippen molar-refractivity contribution in [3.8, 4) is 5.69 Å². The maximum atomic E-state index is 12.9. The summed E-state index contributed by atoms with van der Waals surface area (Å²) in [6, 6.07) is 7.64. The van der Waals surface area contributed by atoms with Gasteiger partial charge in [-0.2, -0.15) is 10.2 Å². The van der Waals surface area contributed by atoms with Gasteiger partial charge in [0.15, 0.2) is 5.82 Å². The molecule has 2 saturated heterocycles. The molecule has 0 bridgehead atoms. The monoisotopic (exact) mass is 454 g/mol. The molecule has 8 nitrogen and oxygen atoms in total. The van der Waals surface area contributed by atoms with E-state index in [0.29, 0.717) is 31.3 Å². The lowest BCUT2D eigenvalue weighted by atomic mass is 9.95. The Hall–Kier alpha value is -2.71. The highest BCUT2D eigenvalue weighted by molar-refractivity contribution is 6.30. The third-order valence-electron chi connectivity index (χ3n) is 6.52. The van der Waals surface area contributed by atoms with E-state index in [2.05, 4.69) is 22.0 Å². The molecule has 0 atom stereocenters. The summed E-state index contributed by atoms with van der Waals surface area (Å²) in [4.78, 5) is 17.0. The molecular formula is C23H27ClN6O2. The molecule has 2 fully saturated rings. The van der Waals surface area contributed by atoms with Gasteiger partial charge in [0.1, 0.15) is 5.52 Å². The van der Waals surface area contributed by atoms with Crippen LogP contribution in [0.2, 0.25) is 5.02 Å². The first-order valence-corrected chi connectivity index (χ1v) is 11.5. The second-order valence-corrected chi connectivity index (χ2v) is 8.94. The molecule has 3 aromatic rings. The second kappa shape index (κ2) is 8.67. The van der Waals surface area contributed by atoms with Crippen LogP contribution in [0.15, 0.2) is 24.3 Å². The number of anilines is 1. The Morgan fingerprint density at radius 2 is 1.72 bits per heavy atom. The lowest BCUT2D eigenvalue weighted by Crippen LogP contribution is -2.47. The number of carbonyl (C=O) groups is 1. The molecule has 1 aromatic carbocycles. The van der Waals surface area contributed by atoms with Gasteiger partial charge in [0, 0.05) is 37.1 Å².